The SMILES string of the molecule is O=C(Nc1ccc(F)c(F)c1)Nc1ccc(N2CCCC2)c(C(=O)N2CCCC2)c1. The predicted molar refractivity (Wildman–Crippen MR) is 112 cm³/mol. The number of rotatable bonds is 4. The van der Waals surface area contributed by atoms with Crippen LogP contribution < -0.4 is 15.5 Å². The summed E-state index contributed by atoms with van der Waals surface area (Å²) in [5.74, 6) is -2.05. The molecule has 0 unspecified atom stereocenters. The maximum atomic E-state index is 13.3. The van der Waals surface area contributed by atoms with Crippen molar-refractivity contribution in [1.29, 1.82) is 0 Å². The van der Waals surface area contributed by atoms with E-state index in [0.717, 1.165) is 69.7 Å². The number of carbonyl (C=O) groups is 2. The summed E-state index contributed by atoms with van der Waals surface area (Å²) < 4.78 is 26.4. The van der Waals surface area contributed by atoms with Gasteiger partial charge in [-0.2, -0.15) is 0 Å². The van der Waals surface area contributed by atoms with Crippen molar-refractivity contribution in [3.8, 4) is 0 Å². The van der Waals surface area contributed by atoms with Crippen LogP contribution in [0.4, 0.5) is 30.6 Å². The number of hydrogen-bond donors (Lipinski definition) is 2. The summed E-state index contributed by atoms with van der Waals surface area (Å²) in [5, 5.41) is 5.14. The zero-order valence-corrected chi connectivity index (χ0v) is 16.6. The lowest BCUT2D eigenvalue weighted by Gasteiger charge is -2.24. The average molecular weight is 414 g/mol. The van der Waals surface area contributed by atoms with Crippen molar-refractivity contribution in [2.75, 3.05) is 41.7 Å². The number of benzene rings is 2. The van der Waals surface area contributed by atoms with E-state index in [1.807, 2.05) is 11.0 Å². The Morgan fingerprint density at radius 3 is 2.03 bits per heavy atom. The van der Waals surface area contributed by atoms with E-state index >= 15 is 0 Å². The third-order valence-corrected chi connectivity index (χ3v) is 5.50. The fraction of sp³-hybridized carbons (Fsp3) is 0.364. The lowest BCUT2D eigenvalue weighted by molar-refractivity contribution is 0.0793. The van der Waals surface area contributed by atoms with Gasteiger partial charge >= 0.3 is 6.03 Å². The molecule has 0 aliphatic carbocycles. The van der Waals surface area contributed by atoms with Crippen LogP contribution in [0, 0.1) is 11.6 Å². The molecule has 2 aliphatic rings. The second-order valence-electron chi connectivity index (χ2n) is 7.63. The highest BCUT2D eigenvalue weighted by molar-refractivity contribution is 6.04. The van der Waals surface area contributed by atoms with Crippen LogP contribution in [0.15, 0.2) is 36.4 Å². The standard InChI is InChI=1S/C22H24F2N4O2/c23-18-7-5-16(14-19(18)24)26-22(30)25-15-6-8-20(27-9-1-2-10-27)17(13-15)21(29)28-11-3-4-12-28/h5-8,13-14H,1-4,9-12H2,(H2,25,26,30). The van der Waals surface area contributed by atoms with E-state index in [1.165, 1.54) is 6.07 Å². The molecular weight excluding hydrogens is 390 g/mol. The molecule has 2 aromatic carbocycles. The van der Waals surface area contributed by atoms with Gasteiger partial charge < -0.3 is 20.4 Å². The van der Waals surface area contributed by atoms with Gasteiger partial charge in [-0.15, -0.1) is 0 Å². The normalized spacial score (nSPS) is 16.1. The highest BCUT2D eigenvalue weighted by Crippen LogP contribution is 2.29. The average Bonchev–Trinajstić information content (AvgIpc) is 3.44. The lowest BCUT2D eigenvalue weighted by Crippen LogP contribution is -2.30. The molecule has 0 bridgehead atoms. The largest absolute Gasteiger partial charge is 0.371 e. The molecule has 30 heavy (non-hydrogen) atoms. The number of nitrogens with one attached hydrogen (secondary N) is 2. The molecule has 0 saturated carbocycles. The molecule has 0 atom stereocenters. The topological polar surface area (TPSA) is 64.7 Å². The van der Waals surface area contributed by atoms with Gasteiger partial charge in [-0.05, 0) is 56.0 Å². The van der Waals surface area contributed by atoms with Gasteiger partial charge in [-0.3, -0.25) is 4.79 Å². The first kappa shape index (κ1) is 20.1. The monoisotopic (exact) mass is 414 g/mol. The van der Waals surface area contributed by atoms with E-state index in [4.69, 9.17) is 0 Å². The van der Waals surface area contributed by atoms with Gasteiger partial charge in [0.2, 0.25) is 0 Å². The maximum Gasteiger partial charge on any atom is 0.323 e. The van der Waals surface area contributed by atoms with Gasteiger partial charge in [0.25, 0.3) is 5.91 Å². The zero-order valence-electron chi connectivity index (χ0n) is 16.6. The molecule has 0 aromatic heterocycles. The second-order valence-corrected chi connectivity index (χ2v) is 7.63. The van der Waals surface area contributed by atoms with Crippen molar-refractivity contribution in [3.05, 3.63) is 53.6 Å². The van der Waals surface area contributed by atoms with Crippen molar-refractivity contribution in [1.82, 2.24) is 4.90 Å². The van der Waals surface area contributed by atoms with E-state index in [2.05, 4.69) is 15.5 Å². The Morgan fingerprint density at radius 1 is 0.767 bits per heavy atom. The Hall–Kier alpha value is -3.16. The quantitative estimate of drug-likeness (QED) is 0.777. The summed E-state index contributed by atoms with van der Waals surface area (Å²) >= 11 is 0. The molecule has 2 heterocycles. The highest BCUT2D eigenvalue weighted by atomic mass is 19.2. The Kier molecular flexibility index (Phi) is 5.83. The fourth-order valence-electron chi connectivity index (χ4n) is 3.98. The molecule has 8 heteroatoms. The van der Waals surface area contributed by atoms with Gasteiger partial charge in [0.15, 0.2) is 11.6 Å². The van der Waals surface area contributed by atoms with Crippen molar-refractivity contribution in [3.63, 3.8) is 0 Å². The van der Waals surface area contributed by atoms with Crippen molar-refractivity contribution in [2.45, 2.75) is 25.7 Å². The van der Waals surface area contributed by atoms with Crippen molar-refractivity contribution in [2.24, 2.45) is 0 Å². The minimum Gasteiger partial charge on any atom is -0.371 e. The number of urea groups is 1. The first-order valence-electron chi connectivity index (χ1n) is 10.2. The minimum absolute atomic E-state index is 0.0286. The van der Waals surface area contributed by atoms with E-state index in [9.17, 15) is 18.4 Å². The van der Waals surface area contributed by atoms with Crippen LogP contribution in [-0.4, -0.2) is 43.0 Å². The second kappa shape index (κ2) is 8.69. The fourth-order valence-corrected chi connectivity index (χ4v) is 3.98. The minimum atomic E-state index is -1.04. The molecule has 2 saturated heterocycles. The van der Waals surface area contributed by atoms with Gasteiger partial charge in [0.05, 0.1) is 5.56 Å². The number of amides is 3. The molecule has 0 spiro atoms. The van der Waals surface area contributed by atoms with Crippen molar-refractivity contribution < 1.29 is 18.4 Å². The maximum absolute atomic E-state index is 13.3. The molecule has 4 rings (SSSR count). The lowest BCUT2D eigenvalue weighted by atomic mass is 10.1. The van der Waals surface area contributed by atoms with Gasteiger partial charge in [0.1, 0.15) is 0 Å². The van der Waals surface area contributed by atoms with Crippen LogP contribution in [0.2, 0.25) is 0 Å². The summed E-state index contributed by atoms with van der Waals surface area (Å²) in [4.78, 5) is 29.5. The number of nitrogens with zero attached hydrogens (tertiary/aromatic N) is 2. The summed E-state index contributed by atoms with van der Waals surface area (Å²) in [7, 11) is 0. The first-order chi connectivity index (χ1) is 14.5. The van der Waals surface area contributed by atoms with Crippen LogP contribution in [0.3, 0.4) is 0 Å². The summed E-state index contributed by atoms with van der Waals surface area (Å²) in [6.45, 7) is 3.30. The van der Waals surface area contributed by atoms with Crippen LogP contribution in [0.5, 0.6) is 0 Å². The molecule has 158 valence electrons. The number of halogens is 2. The molecule has 3 amide bonds. The smallest absolute Gasteiger partial charge is 0.323 e. The Balaban J connectivity index is 1.54. The zero-order chi connectivity index (χ0) is 21.1. The third kappa shape index (κ3) is 4.37. The van der Waals surface area contributed by atoms with E-state index in [-0.39, 0.29) is 11.6 Å². The molecular formula is C22H24F2N4O2. The van der Waals surface area contributed by atoms with Crippen LogP contribution in [-0.2, 0) is 0 Å². The van der Waals surface area contributed by atoms with Crippen LogP contribution >= 0.6 is 0 Å². The molecule has 0 radical (unpaired) electrons. The molecule has 2 aromatic rings. The first-order valence-corrected chi connectivity index (χ1v) is 10.2. The molecule has 6 nitrogen and oxygen atoms in total. The summed E-state index contributed by atoms with van der Waals surface area (Å²) in [6, 6.07) is 7.84. The van der Waals surface area contributed by atoms with Gasteiger partial charge in [0, 0.05) is 49.3 Å². The Morgan fingerprint density at radius 2 is 1.37 bits per heavy atom. The number of carbonyl (C=O) groups excluding carboxylic acids is 2. The number of anilines is 3. The van der Waals surface area contributed by atoms with Gasteiger partial charge in [-0.1, -0.05) is 0 Å². The Bertz CT molecular complexity index is 954. The summed E-state index contributed by atoms with van der Waals surface area (Å²) in [6.07, 6.45) is 4.18. The molecule has 2 N–H and O–H groups in total. The van der Waals surface area contributed by atoms with Crippen LogP contribution in [0.1, 0.15) is 36.0 Å². The number of likely N-dealkylation sites (tertiary alicyclic amines) is 1. The summed E-state index contributed by atoms with van der Waals surface area (Å²) in [5.41, 5.74) is 2.05. The van der Waals surface area contributed by atoms with Gasteiger partial charge in [-0.25, -0.2) is 13.6 Å². The van der Waals surface area contributed by atoms with E-state index in [1.54, 1.807) is 12.1 Å². The highest BCUT2D eigenvalue weighted by Gasteiger charge is 2.25. The van der Waals surface area contributed by atoms with Crippen molar-refractivity contribution >= 4 is 29.0 Å². The van der Waals surface area contributed by atoms with E-state index in [0.29, 0.717) is 11.3 Å². The molecule has 2 fully saturated rings. The third-order valence-electron chi connectivity index (χ3n) is 5.50. The van der Waals surface area contributed by atoms with Crippen LogP contribution in [0.25, 0.3) is 0 Å². The predicted octanol–water partition coefficient (Wildman–Crippen LogP) is 4.45. The number of hydrogen-bond acceptors (Lipinski definition) is 3. The van der Waals surface area contributed by atoms with E-state index < -0.39 is 17.7 Å². The molecule has 2 aliphatic heterocycles. The Labute approximate surface area is 173 Å².